The highest BCUT2D eigenvalue weighted by Gasteiger charge is 2.39. The van der Waals surface area contributed by atoms with Gasteiger partial charge in [-0.05, 0) is 38.0 Å². The highest BCUT2D eigenvalue weighted by atomic mass is 19.4. The summed E-state index contributed by atoms with van der Waals surface area (Å²) in [6, 6.07) is 12.8. The molecule has 0 bridgehead atoms. The van der Waals surface area contributed by atoms with Crippen molar-refractivity contribution in [2.75, 3.05) is 11.4 Å². The van der Waals surface area contributed by atoms with E-state index in [0.29, 0.717) is 35.3 Å². The van der Waals surface area contributed by atoms with Gasteiger partial charge in [0, 0.05) is 30.7 Å². The summed E-state index contributed by atoms with van der Waals surface area (Å²) in [6.07, 6.45) is 1.92. The van der Waals surface area contributed by atoms with Crippen LogP contribution in [0.2, 0.25) is 0 Å². The Morgan fingerprint density at radius 3 is 2.58 bits per heavy atom. The second kappa shape index (κ2) is 8.94. The number of hydrogen-bond donors (Lipinski definition) is 1. The van der Waals surface area contributed by atoms with Gasteiger partial charge in [-0.3, -0.25) is 4.68 Å². The summed E-state index contributed by atoms with van der Waals surface area (Å²) in [5.41, 5.74) is 0.253. The molecule has 3 aromatic rings. The Kier molecular flexibility index (Phi) is 6.21. The van der Waals surface area contributed by atoms with Crippen molar-refractivity contribution in [2.45, 2.75) is 45.2 Å². The van der Waals surface area contributed by atoms with Crippen LogP contribution in [0, 0.1) is 0 Å². The van der Waals surface area contributed by atoms with Crippen LogP contribution in [-0.2, 0) is 13.2 Å². The van der Waals surface area contributed by atoms with Crippen molar-refractivity contribution in [2.24, 2.45) is 0 Å². The van der Waals surface area contributed by atoms with Crippen LogP contribution in [0.1, 0.15) is 25.8 Å². The van der Waals surface area contributed by atoms with E-state index in [0.717, 1.165) is 11.6 Å². The molecule has 5 nitrogen and oxygen atoms in total. The number of hydrogen-bond acceptors (Lipinski definition) is 4. The van der Waals surface area contributed by atoms with Crippen LogP contribution >= 0.6 is 0 Å². The number of alkyl halides is 3. The van der Waals surface area contributed by atoms with Crippen LogP contribution in [0.5, 0.6) is 5.75 Å². The molecular weight excluding hydrogens is 431 g/mol. The molecule has 0 radical (unpaired) electrons. The van der Waals surface area contributed by atoms with Gasteiger partial charge in [-0.25, -0.2) is 0 Å². The summed E-state index contributed by atoms with van der Waals surface area (Å²) in [6.45, 7) is 4.21. The first-order chi connectivity index (χ1) is 15.6. The molecule has 0 atom stereocenters. The summed E-state index contributed by atoms with van der Waals surface area (Å²) in [5.74, 6) is 0.324. The van der Waals surface area contributed by atoms with Gasteiger partial charge in [0.05, 0.1) is 16.8 Å². The zero-order chi connectivity index (χ0) is 23.6. The molecule has 0 saturated heterocycles. The molecule has 0 unspecified atom stereocenters. The predicted octanol–water partition coefficient (Wildman–Crippen LogP) is 5.60. The number of halogens is 3. The number of aryl methyl sites for hydroxylation is 1. The molecular formula is C25H26F3N3O2. The van der Waals surface area contributed by atoms with Crippen molar-refractivity contribution in [3.05, 3.63) is 78.1 Å². The smallest absolute Gasteiger partial charge is 0.431 e. The highest BCUT2D eigenvalue weighted by molar-refractivity contribution is 5.86. The number of ether oxygens (including phenoxy) is 1. The van der Waals surface area contributed by atoms with Gasteiger partial charge in [0.1, 0.15) is 18.1 Å². The molecule has 33 heavy (non-hydrogen) atoms. The summed E-state index contributed by atoms with van der Waals surface area (Å²) in [5, 5.41) is 15.2. The van der Waals surface area contributed by atoms with Gasteiger partial charge in [-0.1, -0.05) is 42.5 Å². The van der Waals surface area contributed by atoms with E-state index in [-0.39, 0.29) is 13.2 Å². The second-order valence-electron chi connectivity index (χ2n) is 8.70. The van der Waals surface area contributed by atoms with Crippen molar-refractivity contribution < 1.29 is 23.0 Å². The lowest BCUT2D eigenvalue weighted by atomic mass is 10.1. The van der Waals surface area contributed by atoms with E-state index in [9.17, 15) is 18.3 Å². The maximum atomic E-state index is 13.8. The van der Waals surface area contributed by atoms with Gasteiger partial charge in [-0.2, -0.15) is 18.3 Å². The predicted molar refractivity (Wildman–Crippen MR) is 122 cm³/mol. The number of nitrogens with zero attached hydrogens (tertiary/aromatic N) is 3. The van der Waals surface area contributed by atoms with Crippen molar-refractivity contribution in [3.63, 3.8) is 0 Å². The Balaban J connectivity index is 1.73. The Hall–Kier alpha value is -3.26. The molecule has 4 rings (SSSR count). The van der Waals surface area contributed by atoms with Gasteiger partial charge >= 0.3 is 6.18 Å². The lowest BCUT2D eigenvalue weighted by Crippen LogP contribution is -2.33. The average Bonchev–Trinajstić information content (AvgIpc) is 3.17. The number of anilines is 1. The van der Waals surface area contributed by atoms with Crippen LogP contribution in [0.15, 0.2) is 72.6 Å². The maximum absolute atomic E-state index is 13.8. The van der Waals surface area contributed by atoms with Gasteiger partial charge in [0.25, 0.3) is 0 Å². The van der Waals surface area contributed by atoms with Crippen molar-refractivity contribution in [1.82, 2.24) is 9.78 Å². The Morgan fingerprint density at radius 2 is 1.88 bits per heavy atom. The molecule has 2 heterocycles. The van der Waals surface area contributed by atoms with Crippen LogP contribution in [0.4, 0.5) is 18.9 Å². The van der Waals surface area contributed by atoms with E-state index >= 15 is 0 Å². The summed E-state index contributed by atoms with van der Waals surface area (Å²) >= 11 is 0. The summed E-state index contributed by atoms with van der Waals surface area (Å²) in [7, 11) is 0. The molecule has 1 aromatic heterocycles. The quantitative estimate of drug-likeness (QED) is 0.502. The topological polar surface area (TPSA) is 50.5 Å². The third-order valence-electron chi connectivity index (χ3n) is 5.37. The number of aromatic nitrogens is 2. The molecule has 1 aliphatic rings. The van der Waals surface area contributed by atoms with Crippen molar-refractivity contribution in [1.29, 1.82) is 0 Å². The minimum atomic E-state index is -4.51. The van der Waals surface area contributed by atoms with E-state index in [1.807, 2.05) is 30.3 Å². The number of benzene rings is 2. The van der Waals surface area contributed by atoms with Crippen molar-refractivity contribution >= 4 is 16.6 Å². The maximum Gasteiger partial charge on any atom is 0.431 e. The third kappa shape index (κ3) is 5.57. The van der Waals surface area contributed by atoms with E-state index < -0.39 is 17.5 Å². The SMILES string of the molecule is CC(C)(O)CCn1cc2cc(N3CC=CC=C3C(F)(F)F)c(OCc3ccccc3)cc2n1. The Morgan fingerprint density at radius 1 is 1.12 bits per heavy atom. The van der Waals surface area contributed by atoms with Gasteiger partial charge in [0.15, 0.2) is 0 Å². The van der Waals surface area contributed by atoms with Gasteiger partial charge < -0.3 is 14.7 Å². The zero-order valence-corrected chi connectivity index (χ0v) is 18.5. The number of rotatable bonds is 7. The second-order valence-corrected chi connectivity index (χ2v) is 8.70. The molecule has 0 saturated carbocycles. The van der Waals surface area contributed by atoms with Crippen LogP contribution in [0.25, 0.3) is 10.9 Å². The zero-order valence-electron chi connectivity index (χ0n) is 18.5. The summed E-state index contributed by atoms with van der Waals surface area (Å²) in [4.78, 5) is 1.22. The lowest BCUT2D eigenvalue weighted by molar-refractivity contribution is -0.0933. The Labute approximate surface area is 190 Å². The fourth-order valence-electron chi connectivity index (χ4n) is 3.65. The minimum Gasteiger partial charge on any atom is -0.487 e. The van der Waals surface area contributed by atoms with Gasteiger partial charge in [-0.15, -0.1) is 0 Å². The van der Waals surface area contributed by atoms with Crippen LogP contribution < -0.4 is 9.64 Å². The minimum absolute atomic E-state index is 0.0748. The molecule has 1 aliphatic heterocycles. The normalized spacial score (nSPS) is 14.6. The summed E-state index contributed by atoms with van der Waals surface area (Å²) < 4.78 is 49.0. The molecule has 2 aromatic carbocycles. The molecule has 0 fully saturated rings. The van der Waals surface area contributed by atoms with Crippen molar-refractivity contribution in [3.8, 4) is 5.75 Å². The molecule has 8 heteroatoms. The fraction of sp³-hybridized carbons (Fsp3) is 0.320. The third-order valence-corrected chi connectivity index (χ3v) is 5.37. The monoisotopic (exact) mass is 457 g/mol. The molecule has 0 spiro atoms. The van der Waals surface area contributed by atoms with E-state index in [4.69, 9.17) is 4.74 Å². The average molecular weight is 457 g/mol. The first-order valence-corrected chi connectivity index (χ1v) is 10.7. The van der Waals surface area contributed by atoms with E-state index in [2.05, 4.69) is 5.10 Å². The van der Waals surface area contributed by atoms with E-state index in [1.54, 1.807) is 42.9 Å². The molecule has 0 amide bonds. The lowest BCUT2D eigenvalue weighted by Gasteiger charge is -2.31. The first kappa shape index (κ1) is 22.9. The number of fused-ring (bicyclic) bond motifs is 1. The number of aliphatic hydroxyl groups is 1. The fourth-order valence-corrected chi connectivity index (χ4v) is 3.65. The highest BCUT2D eigenvalue weighted by Crippen LogP contribution is 2.40. The Bertz CT molecular complexity index is 1180. The first-order valence-electron chi connectivity index (χ1n) is 10.7. The largest absolute Gasteiger partial charge is 0.487 e. The molecule has 174 valence electrons. The van der Waals surface area contributed by atoms with Crippen LogP contribution in [0.3, 0.4) is 0 Å². The standard InChI is InChI=1S/C25H26F3N3O2/c1-24(2,32)11-13-30-16-19-14-21(31-12-7-6-10-23(31)25(26,27)28)22(15-20(19)29-30)33-17-18-8-4-3-5-9-18/h3-10,14-16,32H,11-13,17H2,1-2H3. The number of allylic oxidation sites excluding steroid dienone is 3. The van der Waals surface area contributed by atoms with E-state index in [1.165, 1.54) is 11.0 Å². The molecule has 0 aliphatic carbocycles. The van der Waals surface area contributed by atoms with Gasteiger partial charge in [0.2, 0.25) is 0 Å². The van der Waals surface area contributed by atoms with Crippen LogP contribution in [-0.4, -0.2) is 33.2 Å². The molecule has 1 N–H and O–H groups in total.